The van der Waals surface area contributed by atoms with Crippen LogP contribution in [0.1, 0.15) is 27.2 Å². The molecule has 2 atom stereocenters. The molecule has 0 aromatic rings. The molecule has 1 unspecified atom stereocenters. The van der Waals surface area contributed by atoms with Gasteiger partial charge in [0, 0.05) is 0 Å². The zero-order valence-corrected chi connectivity index (χ0v) is 8.85. The molecule has 0 aliphatic heterocycles. The van der Waals surface area contributed by atoms with Gasteiger partial charge in [-0.15, -0.1) is 0 Å². The summed E-state index contributed by atoms with van der Waals surface area (Å²) in [6, 6.07) is 0. The van der Waals surface area contributed by atoms with Gasteiger partial charge in [0.15, 0.2) is 0 Å². The SMILES string of the molecule is CCOC(=O)C(Br)[C@H](C)CC. The quantitative estimate of drug-likeness (QED) is 0.540. The highest BCUT2D eigenvalue weighted by atomic mass is 79.9. The molecule has 0 heterocycles. The predicted octanol–water partition coefficient (Wildman–Crippen LogP) is 2.36. The minimum atomic E-state index is -0.151. The smallest absolute Gasteiger partial charge is 0.319 e. The van der Waals surface area contributed by atoms with Crippen molar-refractivity contribution in [1.29, 1.82) is 0 Å². The third-order valence-electron chi connectivity index (χ3n) is 1.66. The Bertz CT molecular complexity index is 125. The number of rotatable bonds is 4. The first kappa shape index (κ1) is 11.0. The maximum atomic E-state index is 11.1. The van der Waals surface area contributed by atoms with Crippen LogP contribution in [0.3, 0.4) is 0 Å². The lowest BCUT2D eigenvalue weighted by atomic mass is 10.1. The van der Waals surface area contributed by atoms with Gasteiger partial charge in [-0.05, 0) is 12.8 Å². The summed E-state index contributed by atoms with van der Waals surface area (Å²) in [6.07, 6.45) is 0.981. The molecule has 2 nitrogen and oxygen atoms in total. The third-order valence-corrected chi connectivity index (χ3v) is 2.93. The van der Waals surface area contributed by atoms with Gasteiger partial charge in [-0.25, -0.2) is 0 Å². The summed E-state index contributed by atoms with van der Waals surface area (Å²) in [6.45, 7) is 6.35. The van der Waals surface area contributed by atoms with Crippen molar-refractivity contribution >= 4 is 21.9 Å². The Kier molecular flexibility index (Phi) is 5.56. The lowest BCUT2D eigenvalue weighted by molar-refractivity contribution is -0.143. The third kappa shape index (κ3) is 3.75. The Morgan fingerprint density at radius 3 is 2.45 bits per heavy atom. The summed E-state index contributed by atoms with van der Waals surface area (Å²) in [5.74, 6) is 0.191. The molecule has 0 aromatic carbocycles. The number of hydrogen-bond acceptors (Lipinski definition) is 2. The van der Waals surface area contributed by atoms with E-state index in [2.05, 4.69) is 22.9 Å². The normalized spacial score (nSPS) is 15.6. The van der Waals surface area contributed by atoms with Crippen LogP contribution in [0.5, 0.6) is 0 Å². The number of carbonyl (C=O) groups excluding carboxylic acids is 1. The molecule has 0 aromatic heterocycles. The molecule has 0 aliphatic carbocycles. The molecule has 3 heteroatoms. The molecule has 0 saturated heterocycles. The second kappa shape index (κ2) is 5.58. The second-order valence-electron chi connectivity index (χ2n) is 2.54. The van der Waals surface area contributed by atoms with E-state index in [1.807, 2.05) is 13.8 Å². The fourth-order valence-electron chi connectivity index (χ4n) is 0.661. The minimum Gasteiger partial charge on any atom is -0.465 e. The molecule has 0 bridgehead atoms. The molecule has 0 fully saturated rings. The Hall–Kier alpha value is -0.0500. The van der Waals surface area contributed by atoms with Gasteiger partial charge in [-0.3, -0.25) is 4.79 Å². The summed E-state index contributed by atoms with van der Waals surface area (Å²) in [5.41, 5.74) is 0. The van der Waals surface area contributed by atoms with Crippen LogP contribution in [-0.4, -0.2) is 17.4 Å². The molecule has 0 saturated carbocycles. The maximum Gasteiger partial charge on any atom is 0.319 e. The van der Waals surface area contributed by atoms with Gasteiger partial charge >= 0.3 is 5.97 Å². The van der Waals surface area contributed by atoms with Crippen molar-refractivity contribution in [2.45, 2.75) is 32.0 Å². The van der Waals surface area contributed by atoms with Crippen molar-refractivity contribution < 1.29 is 9.53 Å². The molecule has 0 aliphatic rings. The molecule has 0 N–H and O–H groups in total. The Labute approximate surface area is 76.4 Å². The zero-order chi connectivity index (χ0) is 8.85. The van der Waals surface area contributed by atoms with Crippen LogP contribution in [0.2, 0.25) is 0 Å². The van der Waals surface area contributed by atoms with E-state index in [1.165, 1.54) is 0 Å². The van der Waals surface area contributed by atoms with Crippen molar-refractivity contribution in [3.05, 3.63) is 0 Å². The highest BCUT2D eigenvalue weighted by Crippen LogP contribution is 2.17. The molecule has 11 heavy (non-hydrogen) atoms. The Morgan fingerprint density at radius 1 is 1.55 bits per heavy atom. The molecule has 0 spiro atoms. The minimum absolute atomic E-state index is 0.146. The van der Waals surface area contributed by atoms with Gasteiger partial charge in [-0.2, -0.15) is 0 Å². The van der Waals surface area contributed by atoms with Crippen LogP contribution in [0.25, 0.3) is 0 Å². The lowest BCUT2D eigenvalue weighted by Crippen LogP contribution is -2.23. The van der Waals surface area contributed by atoms with Gasteiger partial charge in [0.1, 0.15) is 4.83 Å². The van der Waals surface area contributed by atoms with E-state index in [4.69, 9.17) is 4.74 Å². The van der Waals surface area contributed by atoms with E-state index in [9.17, 15) is 4.79 Å². The van der Waals surface area contributed by atoms with E-state index in [0.29, 0.717) is 12.5 Å². The molecular formula is C8H15BrO2. The fraction of sp³-hybridized carbons (Fsp3) is 0.875. The summed E-state index contributed by atoms with van der Waals surface area (Å²) < 4.78 is 4.84. The number of halogens is 1. The summed E-state index contributed by atoms with van der Waals surface area (Å²) in [5, 5.41) is 0. The number of ether oxygens (including phenoxy) is 1. The summed E-state index contributed by atoms with van der Waals surface area (Å²) >= 11 is 3.30. The van der Waals surface area contributed by atoms with Crippen molar-refractivity contribution in [3.8, 4) is 0 Å². The highest BCUT2D eigenvalue weighted by molar-refractivity contribution is 9.10. The van der Waals surface area contributed by atoms with Gasteiger partial charge < -0.3 is 4.74 Å². The summed E-state index contributed by atoms with van der Waals surface area (Å²) in [7, 11) is 0. The Balaban J connectivity index is 3.80. The van der Waals surface area contributed by atoms with Crippen molar-refractivity contribution in [1.82, 2.24) is 0 Å². The largest absolute Gasteiger partial charge is 0.465 e. The Morgan fingerprint density at radius 2 is 2.09 bits per heavy atom. The molecule has 0 amide bonds. The van der Waals surface area contributed by atoms with Crippen molar-refractivity contribution in [3.63, 3.8) is 0 Å². The van der Waals surface area contributed by atoms with E-state index in [0.717, 1.165) is 6.42 Å². The summed E-state index contributed by atoms with van der Waals surface area (Å²) in [4.78, 5) is 10.9. The average molecular weight is 223 g/mol. The van der Waals surface area contributed by atoms with Gasteiger partial charge in [0.05, 0.1) is 6.61 Å². The standard InChI is InChI=1S/C8H15BrO2/c1-4-6(3)7(9)8(10)11-5-2/h6-7H,4-5H2,1-3H3/t6-,7?/m1/s1. The highest BCUT2D eigenvalue weighted by Gasteiger charge is 2.21. The van der Waals surface area contributed by atoms with Crippen LogP contribution in [0.15, 0.2) is 0 Å². The monoisotopic (exact) mass is 222 g/mol. The first-order valence-corrected chi connectivity index (χ1v) is 4.85. The van der Waals surface area contributed by atoms with E-state index < -0.39 is 0 Å². The molecule has 66 valence electrons. The van der Waals surface area contributed by atoms with E-state index >= 15 is 0 Å². The van der Waals surface area contributed by atoms with Crippen molar-refractivity contribution in [2.24, 2.45) is 5.92 Å². The van der Waals surface area contributed by atoms with Crippen LogP contribution in [0.4, 0.5) is 0 Å². The van der Waals surface area contributed by atoms with Gasteiger partial charge in [0.25, 0.3) is 0 Å². The van der Waals surface area contributed by atoms with E-state index in [1.54, 1.807) is 0 Å². The number of alkyl halides is 1. The van der Waals surface area contributed by atoms with Crippen LogP contribution in [-0.2, 0) is 9.53 Å². The number of esters is 1. The molecular weight excluding hydrogens is 208 g/mol. The van der Waals surface area contributed by atoms with Crippen LogP contribution in [0, 0.1) is 5.92 Å². The zero-order valence-electron chi connectivity index (χ0n) is 7.26. The number of hydrogen-bond donors (Lipinski definition) is 0. The maximum absolute atomic E-state index is 11.1. The predicted molar refractivity (Wildman–Crippen MR) is 48.8 cm³/mol. The van der Waals surface area contributed by atoms with Crippen molar-refractivity contribution in [2.75, 3.05) is 6.61 Å². The van der Waals surface area contributed by atoms with Gasteiger partial charge in [-0.1, -0.05) is 36.2 Å². The topological polar surface area (TPSA) is 26.3 Å². The molecule has 0 rings (SSSR count). The van der Waals surface area contributed by atoms with Crippen LogP contribution >= 0.6 is 15.9 Å². The van der Waals surface area contributed by atoms with E-state index in [-0.39, 0.29) is 10.8 Å². The van der Waals surface area contributed by atoms with Crippen LogP contribution < -0.4 is 0 Å². The second-order valence-corrected chi connectivity index (χ2v) is 3.53. The molecule has 0 radical (unpaired) electrons. The average Bonchev–Trinajstić information content (AvgIpc) is 2.02. The van der Waals surface area contributed by atoms with Gasteiger partial charge in [0.2, 0.25) is 0 Å². The first-order chi connectivity index (χ1) is 5.13. The number of carbonyl (C=O) groups is 1. The lowest BCUT2D eigenvalue weighted by Gasteiger charge is -2.14. The first-order valence-electron chi connectivity index (χ1n) is 3.94. The fourth-order valence-corrected chi connectivity index (χ4v) is 1.17.